The van der Waals surface area contributed by atoms with Crippen molar-refractivity contribution in [1.29, 1.82) is 0 Å². The summed E-state index contributed by atoms with van der Waals surface area (Å²) in [4.78, 5) is 0. The van der Waals surface area contributed by atoms with Gasteiger partial charge in [0.15, 0.2) is 9.84 Å². The molecule has 1 aromatic carbocycles. The first-order chi connectivity index (χ1) is 8.41. The molecule has 0 spiro atoms. The van der Waals surface area contributed by atoms with Crippen molar-refractivity contribution in [2.24, 2.45) is 0 Å². The van der Waals surface area contributed by atoms with E-state index in [0.29, 0.717) is 4.47 Å². The summed E-state index contributed by atoms with van der Waals surface area (Å²) < 4.78 is 37.2. The van der Waals surface area contributed by atoms with Gasteiger partial charge in [0.1, 0.15) is 5.82 Å². The molecule has 2 unspecified atom stereocenters. The Balaban J connectivity index is 2.29. The van der Waals surface area contributed by atoms with E-state index in [1.54, 1.807) is 12.1 Å². The Hall–Kier alpha value is -0.460. The molecule has 0 amide bonds. The molecule has 1 saturated heterocycles. The minimum Gasteiger partial charge on any atom is -0.305 e. The van der Waals surface area contributed by atoms with Gasteiger partial charge in [-0.05, 0) is 40.0 Å². The smallest absolute Gasteiger partial charge is 0.153 e. The fourth-order valence-corrected chi connectivity index (χ4v) is 4.44. The average molecular weight is 336 g/mol. The Morgan fingerprint density at radius 1 is 1.44 bits per heavy atom. The van der Waals surface area contributed by atoms with Crippen LogP contribution in [0.4, 0.5) is 4.39 Å². The predicted molar refractivity (Wildman–Crippen MR) is 72.7 cm³/mol. The number of halogens is 2. The van der Waals surface area contributed by atoms with Crippen molar-refractivity contribution in [1.82, 2.24) is 5.32 Å². The summed E-state index contributed by atoms with van der Waals surface area (Å²) in [5.41, 5.74) is 0.796. The fourth-order valence-electron chi connectivity index (χ4n) is 2.17. The van der Waals surface area contributed by atoms with Gasteiger partial charge in [-0.3, -0.25) is 0 Å². The van der Waals surface area contributed by atoms with Crippen LogP contribution in [-0.2, 0) is 9.84 Å². The molecular formula is C12H15BrFNO2S. The number of rotatable bonds is 2. The SMILES string of the molecule is CCC1CS(=O)(=O)CC(c2ccc(F)c(Br)c2)N1. The summed E-state index contributed by atoms with van der Waals surface area (Å²) in [7, 11) is -3.04. The van der Waals surface area contributed by atoms with E-state index in [0.717, 1.165) is 12.0 Å². The zero-order chi connectivity index (χ0) is 13.3. The molecule has 1 aliphatic heterocycles. The second kappa shape index (κ2) is 5.27. The van der Waals surface area contributed by atoms with Crippen LogP contribution >= 0.6 is 15.9 Å². The lowest BCUT2D eigenvalue weighted by Crippen LogP contribution is -2.46. The molecule has 0 aromatic heterocycles. The van der Waals surface area contributed by atoms with Crippen LogP contribution in [0.15, 0.2) is 22.7 Å². The van der Waals surface area contributed by atoms with Gasteiger partial charge in [-0.15, -0.1) is 0 Å². The number of nitrogens with one attached hydrogen (secondary N) is 1. The van der Waals surface area contributed by atoms with Crippen molar-refractivity contribution in [3.63, 3.8) is 0 Å². The molecule has 0 saturated carbocycles. The van der Waals surface area contributed by atoms with Crippen LogP contribution in [0.1, 0.15) is 24.9 Å². The zero-order valence-electron chi connectivity index (χ0n) is 9.99. The van der Waals surface area contributed by atoms with Crippen molar-refractivity contribution < 1.29 is 12.8 Å². The van der Waals surface area contributed by atoms with Gasteiger partial charge in [0.25, 0.3) is 0 Å². The quantitative estimate of drug-likeness (QED) is 0.902. The van der Waals surface area contributed by atoms with E-state index in [9.17, 15) is 12.8 Å². The van der Waals surface area contributed by atoms with Gasteiger partial charge in [-0.2, -0.15) is 0 Å². The fraction of sp³-hybridized carbons (Fsp3) is 0.500. The molecule has 0 aliphatic carbocycles. The third-order valence-corrected chi connectivity index (χ3v) is 5.51. The molecule has 1 aromatic rings. The van der Waals surface area contributed by atoms with Gasteiger partial charge >= 0.3 is 0 Å². The molecule has 0 bridgehead atoms. The largest absolute Gasteiger partial charge is 0.305 e. The highest BCUT2D eigenvalue weighted by Gasteiger charge is 2.31. The van der Waals surface area contributed by atoms with E-state index in [4.69, 9.17) is 0 Å². The highest BCUT2D eigenvalue weighted by Crippen LogP contribution is 2.25. The maximum atomic E-state index is 13.2. The van der Waals surface area contributed by atoms with Gasteiger partial charge in [-0.1, -0.05) is 13.0 Å². The Morgan fingerprint density at radius 2 is 2.17 bits per heavy atom. The third-order valence-electron chi connectivity index (χ3n) is 3.15. The van der Waals surface area contributed by atoms with Crippen LogP contribution in [0.5, 0.6) is 0 Å². The van der Waals surface area contributed by atoms with Crippen molar-refractivity contribution in [2.75, 3.05) is 11.5 Å². The number of benzene rings is 1. The molecule has 2 rings (SSSR count). The van der Waals surface area contributed by atoms with Crippen molar-refractivity contribution in [3.8, 4) is 0 Å². The summed E-state index contributed by atoms with van der Waals surface area (Å²) in [5.74, 6) is -0.0892. The molecule has 0 radical (unpaired) electrons. The maximum absolute atomic E-state index is 13.2. The number of sulfone groups is 1. The van der Waals surface area contributed by atoms with Crippen molar-refractivity contribution in [2.45, 2.75) is 25.4 Å². The molecule has 18 heavy (non-hydrogen) atoms. The Bertz CT molecular complexity index is 547. The van der Waals surface area contributed by atoms with E-state index in [1.165, 1.54) is 6.07 Å². The lowest BCUT2D eigenvalue weighted by atomic mass is 10.1. The lowest BCUT2D eigenvalue weighted by Gasteiger charge is -2.30. The predicted octanol–water partition coefficient (Wildman–Crippen LogP) is 2.43. The van der Waals surface area contributed by atoms with Crippen LogP contribution in [0, 0.1) is 5.82 Å². The summed E-state index contributed by atoms with van der Waals surface area (Å²) in [6, 6.07) is 4.33. The van der Waals surface area contributed by atoms with Gasteiger partial charge in [0.2, 0.25) is 0 Å². The molecule has 1 fully saturated rings. The second-order valence-corrected chi connectivity index (χ2v) is 7.58. The molecule has 2 atom stereocenters. The van der Waals surface area contributed by atoms with Crippen LogP contribution in [0.25, 0.3) is 0 Å². The molecular weight excluding hydrogens is 321 g/mol. The monoisotopic (exact) mass is 335 g/mol. The lowest BCUT2D eigenvalue weighted by molar-refractivity contribution is 0.439. The van der Waals surface area contributed by atoms with E-state index in [2.05, 4.69) is 21.2 Å². The molecule has 100 valence electrons. The highest BCUT2D eigenvalue weighted by atomic mass is 79.9. The van der Waals surface area contributed by atoms with Crippen LogP contribution in [0.2, 0.25) is 0 Å². The van der Waals surface area contributed by atoms with Gasteiger partial charge < -0.3 is 5.32 Å². The van der Waals surface area contributed by atoms with E-state index in [1.807, 2.05) is 6.92 Å². The summed E-state index contributed by atoms with van der Waals surface area (Å²) in [6.45, 7) is 1.95. The molecule has 1 N–H and O–H groups in total. The first-order valence-corrected chi connectivity index (χ1v) is 8.44. The van der Waals surface area contributed by atoms with E-state index in [-0.39, 0.29) is 29.4 Å². The number of hydrogen-bond donors (Lipinski definition) is 1. The minimum absolute atomic E-state index is 0.0300. The van der Waals surface area contributed by atoms with Crippen LogP contribution in [0.3, 0.4) is 0 Å². The Labute approximate surface area is 115 Å². The summed E-state index contributed by atoms with van der Waals surface area (Å²) >= 11 is 3.12. The maximum Gasteiger partial charge on any atom is 0.153 e. The molecule has 1 aliphatic rings. The molecule has 3 nitrogen and oxygen atoms in total. The third kappa shape index (κ3) is 3.10. The topological polar surface area (TPSA) is 46.2 Å². The Kier molecular flexibility index (Phi) is 4.08. The van der Waals surface area contributed by atoms with Crippen molar-refractivity contribution in [3.05, 3.63) is 34.1 Å². The molecule has 6 heteroatoms. The van der Waals surface area contributed by atoms with Crippen LogP contribution < -0.4 is 5.32 Å². The van der Waals surface area contributed by atoms with Gasteiger partial charge in [-0.25, -0.2) is 12.8 Å². The van der Waals surface area contributed by atoms with Gasteiger partial charge in [0, 0.05) is 12.1 Å². The summed E-state index contributed by atoms with van der Waals surface area (Å²) in [6.07, 6.45) is 0.762. The average Bonchev–Trinajstić information content (AvgIpc) is 2.30. The highest BCUT2D eigenvalue weighted by molar-refractivity contribution is 9.10. The normalized spacial score (nSPS) is 27.1. The molecule has 1 heterocycles. The minimum atomic E-state index is -3.04. The van der Waals surface area contributed by atoms with Crippen molar-refractivity contribution >= 4 is 25.8 Å². The first-order valence-electron chi connectivity index (χ1n) is 5.82. The summed E-state index contributed by atoms with van der Waals surface area (Å²) in [5, 5.41) is 3.30. The first kappa shape index (κ1) is 14.0. The van der Waals surface area contributed by atoms with Crippen LogP contribution in [-0.4, -0.2) is 26.0 Å². The van der Waals surface area contributed by atoms with E-state index >= 15 is 0 Å². The Morgan fingerprint density at radius 3 is 2.78 bits per heavy atom. The number of hydrogen-bond acceptors (Lipinski definition) is 3. The standard InChI is InChI=1S/C12H15BrFNO2S/c1-2-9-6-18(16,17)7-12(15-9)8-3-4-11(14)10(13)5-8/h3-5,9,12,15H,2,6-7H2,1H3. The van der Waals surface area contributed by atoms with E-state index < -0.39 is 9.84 Å². The second-order valence-electron chi connectivity index (χ2n) is 4.57. The zero-order valence-corrected chi connectivity index (χ0v) is 12.4. The van der Waals surface area contributed by atoms with Gasteiger partial charge in [0.05, 0.1) is 16.0 Å².